The van der Waals surface area contributed by atoms with Gasteiger partial charge in [0.05, 0.1) is 6.42 Å². The number of carboxylic acid groups (broad SMARTS) is 1. The molecule has 0 aliphatic carbocycles. The SMILES string of the molecule is NC(CC(=O)O)c1ccc(Cl)cc1I. The van der Waals surface area contributed by atoms with Gasteiger partial charge < -0.3 is 10.8 Å². The highest BCUT2D eigenvalue weighted by Crippen LogP contribution is 2.23. The number of aliphatic carboxylic acids is 1. The Bertz CT molecular complexity index is 357. The maximum absolute atomic E-state index is 10.5. The molecule has 0 amide bonds. The third-order valence-electron chi connectivity index (χ3n) is 1.76. The quantitative estimate of drug-likeness (QED) is 0.839. The first-order chi connectivity index (χ1) is 6.50. The number of halogens is 2. The van der Waals surface area contributed by atoms with Crippen LogP contribution in [0.25, 0.3) is 0 Å². The topological polar surface area (TPSA) is 63.3 Å². The van der Waals surface area contributed by atoms with E-state index in [2.05, 4.69) is 22.6 Å². The Hall–Kier alpha value is -0.330. The number of nitrogens with two attached hydrogens (primary N) is 1. The summed E-state index contributed by atoms with van der Waals surface area (Å²) in [5.74, 6) is -0.900. The number of benzene rings is 1. The predicted molar refractivity (Wildman–Crippen MR) is 63.4 cm³/mol. The average molecular weight is 326 g/mol. The van der Waals surface area contributed by atoms with Crippen LogP contribution < -0.4 is 5.73 Å². The molecular formula is C9H9ClINO2. The van der Waals surface area contributed by atoms with Gasteiger partial charge in [0.15, 0.2) is 0 Å². The molecular weight excluding hydrogens is 316 g/mol. The first kappa shape index (κ1) is 11.7. The Morgan fingerprint density at radius 3 is 2.79 bits per heavy atom. The standard InChI is InChI=1S/C9H9ClINO2/c10-5-1-2-6(7(11)3-5)8(12)4-9(13)14/h1-3,8H,4,12H2,(H,13,14). The van der Waals surface area contributed by atoms with E-state index in [1.165, 1.54) is 0 Å². The number of carboxylic acids is 1. The van der Waals surface area contributed by atoms with Gasteiger partial charge in [-0.15, -0.1) is 0 Å². The largest absolute Gasteiger partial charge is 0.481 e. The zero-order valence-electron chi connectivity index (χ0n) is 7.21. The molecule has 0 aromatic heterocycles. The highest BCUT2D eigenvalue weighted by atomic mass is 127. The molecule has 1 aromatic carbocycles. The Labute approximate surface area is 100 Å². The van der Waals surface area contributed by atoms with E-state index in [-0.39, 0.29) is 6.42 Å². The number of rotatable bonds is 3. The van der Waals surface area contributed by atoms with Gasteiger partial charge in [-0.25, -0.2) is 0 Å². The average Bonchev–Trinajstić information content (AvgIpc) is 2.01. The van der Waals surface area contributed by atoms with E-state index < -0.39 is 12.0 Å². The minimum absolute atomic E-state index is 0.0718. The van der Waals surface area contributed by atoms with E-state index in [9.17, 15) is 4.79 Å². The van der Waals surface area contributed by atoms with Crippen LogP contribution >= 0.6 is 34.2 Å². The lowest BCUT2D eigenvalue weighted by Gasteiger charge is -2.11. The van der Waals surface area contributed by atoms with Crippen molar-refractivity contribution in [2.24, 2.45) is 5.73 Å². The van der Waals surface area contributed by atoms with Crippen LogP contribution in [0.3, 0.4) is 0 Å². The van der Waals surface area contributed by atoms with Crippen molar-refractivity contribution in [2.75, 3.05) is 0 Å². The van der Waals surface area contributed by atoms with Gasteiger partial charge >= 0.3 is 5.97 Å². The minimum atomic E-state index is -0.900. The van der Waals surface area contributed by atoms with E-state index in [1.807, 2.05) is 0 Å². The summed E-state index contributed by atoms with van der Waals surface area (Å²) >= 11 is 7.86. The van der Waals surface area contributed by atoms with Crippen LogP contribution in [0, 0.1) is 3.57 Å². The van der Waals surface area contributed by atoms with Crippen molar-refractivity contribution in [3.63, 3.8) is 0 Å². The van der Waals surface area contributed by atoms with Crippen LogP contribution in [0.2, 0.25) is 5.02 Å². The molecule has 0 aliphatic heterocycles. The lowest BCUT2D eigenvalue weighted by Crippen LogP contribution is -2.16. The fourth-order valence-electron chi connectivity index (χ4n) is 1.10. The van der Waals surface area contributed by atoms with Crippen molar-refractivity contribution < 1.29 is 9.90 Å². The Morgan fingerprint density at radius 1 is 1.64 bits per heavy atom. The fourth-order valence-corrected chi connectivity index (χ4v) is 2.37. The van der Waals surface area contributed by atoms with Crippen LogP contribution in [0.5, 0.6) is 0 Å². The monoisotopic (exact) mass is 325 g/mol. The molecule has 0 fully saturated rings. The summed E-state index contributed by atoms with van der Waals surface area (Å²) < 4.78 is 0.892. The second kappa shape index (κ2) is 4.95. The van der Waals surface area contributed by atoms with E-state index in [0.717, 1.165) is 9.13 Å². The van der Waals surface area contributed by atoms with Crippen molar-refractivity contribution >= 4 is 40.2 Å². The summed E-state index contributed by atoms with van der Waals surface area (Å²) in [6.45, 7) is 0. The Kier molecular flexibility index (Phi) is 4.15. The van der Waals surface area contributed by atoms with Crippen molar-refractivity contribution in [3.05, 3.63) is 32.4 Å². The molecule has 0 saturated heterocycles. The van der Waals surface area contributed by atoms with Crippen molar-refractivity contribution in [3.8, 4) is 0 Å². The van der Waals surface area contributed by atoms with Gasteiger partial charge in [0.1, 0.15) is 0 Å². The summed E-state index contributed by atoms with van der Waals surface area (Å²) in [6.07, 6.45) is -0.0718. The maximum Gasteiger partial charge on any atom is 0.305 e. The van der Waals surface area contributed by atoms with Crippen molar-refractivity contribution in [1.82, 2.24) is 0 Å². The summed E-state index contributed by atoms with van der Waals surface area (Å²) in [7, 11) is 0. The molecule has 0 spiro atoms. The molecule has 0 radical (unpaired) electrons. The normalized spacial score (nSPS) is 12.5. The maximum atomic E-state index is 10.5. The van der Waals surface area contributed by atoms with Crippen molar-refractivity contribution in [2.45, 2.75) is 12.5 Å². The fraction of sp³-hybridized carbons (Fsp3) is 0.222. The molecule has 0 saturated carbocycles. The molecule has 14 heavy (non-hydrogen) atoms. The molecule has 1 rings (SSSR count). The molecule has 3 nitrogen and oxygen atoms in total. The Balaban J connectivity index is 2.90. The molecule has 76 valence electrons. The van der Waals surface area contributed by atoms with Gasteiger partial charge in [-0.3, -0.25) is 4.79 Å². The molecule has 5 heteroatoms. The molecule has 1 aromatic rings. The summed E-state index contributed by atoms with van der Waals surface area (Å²) in [6, 6.07) is 4.76. The van der Waals surface area contributed by atoms with Crippen molar-refractivity contribution in [1.29, 1.82) is 0 Å². The minimum Gasteiger partial charge on any atom is -0.481 e. The van der Waals surface area contributed by atoms with Gasteiger partial charge in [-0.05, 0) is 40.3 Å². The van der Waals surface area contributed by atoms with E-state index >= 15 is 0 Å². The van der Waals surface area contributed by atoms with Crippen LogP contribution in [-0.2, 0) is 4.79 Å². The number of hydrogen-bond acceptors (Lipinski definition) is 2. The summed E-state index contributed by atoms with van der Waals surface area (Å²) in [5, 5.41) is 9.21. The molecule has 1 unspecified atom stereocenters. The van der Waals surface area contributed by atoms with E-state index in [0.29, 0.717) is 5.02 Å². The zero-order chi connectivity index (χ0) is 10.7. The third-order valence-corrected chi connectivity index (χ3v) is 2.93. The van der Waals surface area contributed by atoms with Gasteiger partial charge in [0.2, 0.25) is 0 Å². The second-order valence-corrected chi connectivity index (χ2v) is 4.47. The zero-order valence-corrected chi connectivity index (χ0v) is 10.1. The van der Waals surface area contributed by atoms with E-state index in [1.54, 1.807) is 18.2 Å². The first-order valence-corrected chi connectivity index (χ1v) is 5.38. The lowest BCUT2D eigenvalue weighted by atomic mass is 10.1. The third kappa shape index (κ3) is 3.11. The predicted octanol–water partition coefficient (Wildman–Crippen LogP) is 2.42. The highest BCUT2D eigenvalue weighted by Gasteiger charge is 2.13. The van der Waals surface area contributed by atoms with Gasteiger partial charge in [-0.2, -0.15) is 0 Å². The lowest BCUT2D eigenvalue weighted by molar-refractivity contribution is -0.137. The molecule has 1 atom stereocenters. The Morgan fingerprint density at radius 2 is 2.29 bits per heavy atom. The second-order valence-electron chi connectivity index (χ2n) is 2.87. The summed E-state index contributed by atoms with van der Waals surface area (Å²) in [4.78, 5) is 10.5. The molecule has 0 heterocycles. The van der Waals surface area contributed by atoms with Gasteiger partial charge in [0, 0.05) is 14.6 Å². The van der Waals surface area contributed by atoms with Crippen LogP contribution in [0.15, 0.2) is 18.2 Å². The smallest absolute Gasteiger partial charge is 0.305 e. The number of hydrogen-bond donors (Lipinski definition) is 2. The molecule has 0 aliphatic rings. The van der Waals surface area contributed by atoms with Crippen LogP contribution in [0.1, 0.15) is 18.0 Å². The summed E-state index contributed by atoms with van der Waals surface area (Å²) in [5.41, 5.74) is 6.54. The highest BCUT2D eigenvalue weighted by molar-refractivity contribution is 14.1. The molecule has 3 N–H and O–H groups in total. The van der Waals surface area contributed by atoms with E-state index in [4.69, 9.17) is 22.4 Å². The van der Waals surface area contributed by atoms with Gasteiger partial charge in [-0.1, -0.05) is 17.7 Å². The number of carbonyl (C=O) groups is 1. The first-order valence-electron chi connectivity index (χ1n) is 3.93. The molecule has 0 bridgehead atoms. The van der Waals surface area contributed by atoms with Crippen LogP contribution in [0.4, 0.5) is 0 Å². The van der Waals surface area contributed by atoms with Gasteiger partial charge in [0.25, 0.3) is 0 Å². The van der Waals surface area contributed by atoms with Crippen LogP contribution in [-0.4, -0.2) is 11.1 Å².